The smallest absolute Gasteiger partial charge is 0.278 e. The Bertz CT molecular complexity index is 674. The molecule has 0 aromatic carbocycles. The lowest BCUT2D eigenvalue weighted by Crippen LogP contribution is -2.23. The Balaban J connectivity index is 0.000000646. The summed E-state index contributed by atoms with van der Waals surface area (Å²) in [5.41, 5.74) is 6.53. The molecule has 2 heterocycles. The summed E-state index contributed by atoms with van der Waals surface area (Å²) in [6.45, 7) is 4.40. The summed E-state index contributed by atoms with van der Waals surface area (Å²) in [6.07, 6.45) is 5.62. The summed E-state index contributed by atoms with van der Waals surface area (Å²) >= 11 is 0. The number of aromatic nitrogens is 2. The maximum absolute atomic E-state index is 12.7. The van der Waals surface area contributed by atoms with Crippen molar-refractivity contribution in [2.75, 3.05) is 6.61 Å². The number of nitrogens with one attached hydrogen (secondary N) is 1. The van der Waals surface area contributed by atoms with Gasteiger partial charge in [0, 0.05) is 49.7 Å². The van der Waals surface area contributed by atoms with Crippen LogP contribution in [0.25, 0.3) is 0 Å². The highest BCUT2D eigenvalue weighted by atomic mass is 19.3. The molecule has 0 aliphatic carbocycles. The van der Waals surface area contributed by atoms with Gasteiger partial charge in [-0.3, -0.25) is 9.78 Å². The minimum Gasteiger partial charge on any atom is -0.471 e. The maximum atomic E-state index is 12.7. The Morgan fingerprint density at radius 1 is 1.30 bits per heavy atom. The van der Waals surface area contributed by atoms with Crippen molar-refractivity contribution < 1.29 is 18.3 Å². The monoisotopic (exact) mass is 380 g/mol. The largest absolute Gasteiger partial charge is 0.471 e. The molecular formula is C19H26F2N4O2. The van der Waals surface area contributed by atoms with Gasteiger partial charge in [-0.15, -0.1) is 0 Å². The van der Waals surface area contributed by atoms with E-state index >= 15 is 0 Å². The molecule has 8 heteroatoms. The minimum absolute atomic E-state index is 0.116. The first-order valence-corrected chi connectivity index (χ1v) is 8.60. The Morgan fingerprint density at radius 3 is 2.41 bits per heavy atom. The van der Waals surface area contributed by atoms with Crippen LogP contribution in [0.4, 0.5) is 8.78 Å². The van der Waals surface area contributed by atoms with Crippen LogP contribution < -0.4 is 15.8 Å². The van der Waals surface area contributed by atoms with E-state index in [4.69, 9.17) is 10.5 Å². The standard InChI is InChI=1S/C15H15F2N3O2.C4H11N/c1-15(16,17)10-22-13-3-2-11(8-19-13)9-20-14(21)12-4-6-18-7-5-12;1-3-4(2)5/h2-8H,9-10H2,1H3,(H,20,21);4H,3,5H2,1-2H3. The quantitative estimate of drug-likeness (QED) is 0.770. The number of nitrogens with zero attached hydrogens (tertiary/aromatic N) is 2. The van der Waals surface area contributed by atoms with Crippen LogP contribution in [0, 0.1) is 0 Å². The molecule has 27 heavy (non-hydrogen) atoms. The van der Waals surface area contributed by atoms with Crippen molar-refractivity contribution in [2.24, 2.45) is 5.73 Å². The summed E-state index contributed by atoms with van der Waals surface area (Å²) < 4.78 is 30.2. The van der Waals surface area contributed by atoms with E-state index < -0.39 is 12.5 Å². The van der Waals surface area contributed by atoms with Gasteiger partial charge in [0.15, 0.2) is 6.61 Å². The number of halogens is 2. The SMILES string of the molecule is CC(F)(F)COc1ccc(CNC(=O)c2ccncc2)cn1.CCC(C)N. The molecule has 6 nitrogen and oxygen atoms in total. The van der Waals surface area contributed by atoms with Crippen molar-refractivity contribution in [1.82, 2.24) is 15.3 Å². The van der Waals surface area contributed by atoms with Crippen LogP contribution in [0.2, 0.25) is 0 Å². The normalized spacial score (nSPS) is 11.8. The molecule has 148 valence electrons. The fourth-order valence-corrected chi connectivity index (χ4v) is 1.59. The summed E-state index contributed by atoms with van der Waals surface area (Å²) in [6, 6.07) is 6.74. The van der Waals surface area contributed by atoms with Crippen molar-refractivity contribution in [2.45, 2.75) is 45.7 Å². The van der Waals surface area contributed by atoms with Crippen LogP contribution in [0.3, 0.4) is 0 Å². The zero-order chi connectivity index (χ0) is 20.3. The number of rotatable bonds is 7. The third-order valence-electron chi connectivity index (χ3n) is 3.31. The number of hydrogen-bond acceptors (Lipinski definition) is 5. The first-order chi connectivity index (χ1) is 12.7. The second kappa shape index (κ2) is 11.2. The number of pyridine rings is 2. The van der Waals surface area contributed by atoms with E-state index in [0.29, 0.717) is 11.6 Å². The average Bonchev–Trinajstić information content (AvgIpc) is 2.66. The first-order valence-electron chi connectivity index (χ1n) is 8.60. The van der Waals surface area contributed by atoms with E-state index in [0.717, 1.165) is 18.9 Å². The Labute approximate surface area is 158 Å². The van der Waals surface area contributed by atoms with Gasteiger partial charge in [-0.2, -0.15) is 0 Å². The molecule has 0 aliphatic rings. The molecule has 0 radical (unpaired) electrons. The topological polar surface area (TPSA) is 90.1 Å². The van der Waals surface area contributed by atoms with Crippen molar-refractivity contribution in [1.29, 1.82) is 0 Å². The lowest BCUT2D eigenvalue weighted by Gasteiger charge is -2.11. The Kier molecular flexibility index (Phi) is 9.29. The van der Waals surface area contributed by atoms with E-state index in [1.54, 1.807) is 18.2 Å². The molecule has 0 saturated heterocycles. The Morgan fingerprint density at radius 2 is 1.93 bits per heavy atom. The molecule has 1 atom stereocenters. The molecule has 2 aromatic rings. The second-order valence-corrected chi connectivity index (χ2v) is 6.17. The molecule has 1 unspecified atom stereocenters. The van der Waals surface area contributed by atoms with Crippen molar-refractivity contribution >= 4 is 5.91 Å². The van der Waals surface area contributed by atoms with Gasteiger partial charge in [-0.05, 0) is 31.0 Å². The number of alkyl halides is 2. The molecule has 0 aliphatic heterocycles. The second-order valence-electron chi connectivity index (χ2n) is 6.17. The summed E-state index contributed by atoms with van der Waals surface area (Å²) in [5.74, 6) is -3.02. The highest BCUT2D eigenvalue weighted by Crippen LogP contribution is 2.15. The van der Waals surface area contributed by atoms with E-state index in [2.05, 4.69) is 22.2 Å². The molecule has 2 rings (SSSR count). The first kappa shape index (κ1) is 22.4. The molecule has 0 bridgehead atoms. The summed E-state index contributed by atoms with van der Waals surface area (Å²) in [5, 5.41) is 2.72. The van der Waals surface area contributed by atoms with Gasteiger partial charge in [-0.1, -0.05) is 13.0 Å². The summed E-state index contributed by atoms with van der Waals surface area (Å²) in [7, 11) is 0. The van der Waals surface area contributed by atoms with Crippen LogP contribution >= 0.6 is 0 Å². The zero-order valence-electron chi connectivity index (χ0n) is 15.8. The van der Waals surface area contributed by atoms with Gasteiger partial charge in [0.25, 0.3) is 11.8 Å². The number of carbonyl (C=O) groups excluding carboxylic acids is 1. The average molecular weight is 380 g/mol. The third-order valence-corrected chi connectivity index (χ3v) is 3.31. The number of hydrogen-bond donors (Lipinski definition) is 2. The van der Waals surface area contributed by atoms with Gasteiger partial charge in [0.2, 0.25) is 5.88 Å². The fourth-order valence-electron chi connectivity index (χ4n) is 1.59. The molecule has 0 saturated carbocycles. The molecular weight excluding hydrogens is 354 g/mol. The highest BCUT2D eigenvalue weighted by molar-refractivity contribution is 5.93. The van der Waals surface area contributed by atoms with Crippen LogP contribution in [-0.4, -0.2) is 34.4 Å². The van der Waals surface area contributed by atoms with Crippen LogP contribution in [0.1, 0.15) is 43.1 Å². The van der Waals surface area contributed by atoms with Crippen LogP contribution in [0.15, 0.2) is 42.9 Å². The van der Waals surface area contributed by atoms with Crippen molar-refractivity contribution in [3.8, 4) is 5.88 Å². The van der Waals surface area contributed by atoms with Crippen LogP contribution in [-0.2, 0) is 6.54 Å². The van der Waals surface area contributed by atoms with Gasteiger partial charge in [-0.25, -0.2) is 13.8 Å². The lowest BCUT2D eigenvalue weighted by atomic mass is 10.2. The van der Waals surface area contributed by atoms with Gasteiger partial charge >= 0.3 is 0 Å². The predicted octanol–water partition coefficient (Wildman–Crippen LogP) is 3.18. The predicted molar refractivity (Wildman–Crippen MR) is 99.7 cm³/mol. The van der Waals surface area contributed by atoms with Gasteiger partial charge in [0.1, 0.15) is 0 Å². The molecule has 0 spiro atoms. The van der Waals surface area contributed by atoms with Gasteiger partial charge < -0.3 is 15.8 Å². The lowest BCUT2D eigenvalue weighted by molar-refractivity contribution is -0.0242. The van der Waals surface area contributed by atoms with Crippen molar-refractivity contribution in [3.63, 3.8) is 0 Å². The third kappa shape index (κ3) is 10.2. The molecule has 2 aromatic heterocycles. The van der Waals surface area contributed by atoms with Crippen molar-refractivity contribution in [3.05, 3.63) is 54.0 Å². The fraction of sp³-hybridized carbons (Fsp3) is 0.421. The van der Waals surface area contributed by atoms with Crippen LogP contribution in [0.5, 0.6) is 5.88 Å². The number of amides is 1. The zero-order valence-corrected chi connectivity index (χ0v) is 15.8. The molecule has 0 fully saturated rings. The van der Waals surface area contributed by atoms with E-state index in [-0.39, 0.29) is 18.3 Å². The number of nitrogens with two attached hydrogens (primary N) is 1. The van der Waals surface area contributed by atoms with E-state index in [1.807, 2.05) is 6.92 Å². The minimum atomic E-state index is -2.90. The molecule has 1 amide bonds. The van der Waals surface area contributed by atoms with Gasteiger partial charge in [0.05, 0.1) is 0 Å². The number of carbonyl (C=O) groups is 1. The van der Waals surface area contributed by atoms with E-state index in [9.17, 15) is 13.6 Å². The highest BCUT2D eigenvalue weighted by Gasteiger charge is 2.22. The van der Waals surface area contributed by atoms with E-state index in [1.165, 1.54) is 24.7 Å². The Hall–Kier alpha value is -2.61. The molecule has 3 N–H and O–H groups in total. The summed E-state index contributed by atoms with van der Waals surface area (Å²) in [4.78, 5) is 19.6. The number of ether oxygens (including phenoxy) is 1. The maximum Gasteiger partial charge on any atom is 0.278 e.